The second-order valence-electron chi connectivity index (χ2n) is 6.28. The third-order valence-electron chi connectivity index (χ3n) is 4.15. The molecule has 1 aliphatic rings. The van der Waals surface area contributed by atoms with Gasteiger partial charge in [0.1, 0.15) is 18.5 Å². The van der Waals surface area contributed by atoms with Crippen LogP contribution < -0.4 is 10.1 Å². The van der Waals surface area contributed by atoms with Crippen molar-refractivity contribution in [2.45, 2.75) is 57.6 Å². The molecule has 0 radical (unpaired) electrons. The smallest absolute Gasteiger partial charge is 0.119 e. The Bertz CT molecular complexity index is 413. The van der Waals surface area contributed by atoms with E-state index in [-0.39, 0.29) is 5.54 Å². The van der Waals surface area contributed by atoms with Crippen molar-refractivity contribution in [2.75, 3.05) is 13.2 Å². The van der Waals surface area contributed by atoms with Crippen LogP contribution in [0.3, 0.4) is 0 Å². The van der Waals surface area contributed by atoms with E-state index < -0.39 is 6.10 Å². The van der Waals surface area contributed by atoms with Crippen LogP contribution in [0.2, 0.25) is 0 Å². The Balaban J connectivity index is 1.71. The number of benzene rings is 1. The fourth-order valence-electron chi connectivity index (χ4n) is 2.83. The first-order valence-electron chi connectivity index (χ1n) is 7.70. The second-order valence-corrected chi connectivity index (χ2v) is 6.28. The van der Waals surface area contributed by atoms with Gasteiger partial charge in [0.05, 0.1) is 0 Å². The van der Waals surface area contributed by atoms with E-state index >= 15 is 0 Å². The van der Waals surface area contributed by atoms with Crippen molar-refractivity contribution in [2.24, 2.45) is 0 Å². The molecule has 3 heteroatoms. The Morgan fingerprint density at radius 2 is 2.05 bits per heavy atom. The molecule has 0 heterocycles. The second kappa shape index (κ2) is 7.09. The molecule has 0 aliphatic heterocycles. The first-order chi connectivity index (χ1) is 9.57. The Hall–Kier alpha value is -1.06. The summed E-state index contributed by atoms with van der Waals surface area (Å²) < 4.78 is 5.63. The van der Waals surface area contributed by atoms with E-state index in [0.29, 0.717) is 13.2 Å². The van der Waals surface area contributed by atoms with Crippen LogP contribution in [-0.2, 0) is 0 Å². The van der Waals surface area contributed by atoms with Gasteiger partial charge in [0, 0.05) is 12.1 Å². The summed E-state index contributed by atoms with van der Waals surface area (Å²) in [7, 11) is 0. The lowest BCUT2D eigenvalue weighted by atomic mass is 9.83. The molecule has 20 heavy (non-hydrogen) atoms. The van der Waals surface area contributed by atoms with Crippen molar-refractivity contribution in [1.29, 1.82) is 0 Å². The van der Waals surface area contributed by atoms with Gasteiger partial charge in [0.15, 0.2) is 0 Å². The predicted octanol–water partition coefficient (Wildman–Crippen LogP) is 3.05. The van der Waals surface area contributed by atoms with Crippen molar-refractivity contribution in [3.8, 4) is 5.75 Å². The average Bonchev–Trinajstić information content (AvgIpc) is 2.44. The SMILES string of the molecule is Cc1cccc(OCC(O)CNC2(C)CCCCC2)c1. The molecule has 112 valence electrons. The largest absolute Gasteiger partial charge is 0.491 e. The summed E-state index contributed by atoms with van der Waals surface area (Å²) in [5, 5.41) is 13.6. The van der Waals surface area contributed by atoms with Gasteiger partial charge >= 0.3 is 0 Å². The van der Waals surface area contributed by atoms with Crippen LogP contribution in [0, 0.1) is 6.92 Å². The summed E-state index contributed by atoms with van der Waals surface area (Å²) in [6, 6.07) is 7.92. The summed E-state index contributed by atoms with van der Waals surface area (Å²) in [5.74, 6) is 0.827. The van der Waals surface area contributed by atoms with E-state index in [1.807, 2.05) is 31.2 Å². The summed E-state index contributed by atoms with van der Waals surface area (Å²) in [4.78, 5) is 0. The maximum absolute atomic E-state index is 10.0. The number of β-amino-alcohol motifs (C(OH)–C–C–N with tert-alkyl or cyclic N) is 1. The molecule has 1 aromatic carbocycles. The first-order valence-corrected chi connectivity index (χ1v) is 7.70. The predicted molar refractivity (Wildman–Crippen MR) is 82.2 cm³/mol. The Morgan fingerprint density at radius 3 is 2.75 bits per heavy atom. The molecule has 1 atom stereocenters. The molecular formula is C17H27NO2. The fourth-order valence-corrected chi connectivity index (χ4v) is 2.83. The molecule has 0 spiro atoms. The molecule has 0 bridgehead atoms. The van der Waals surface area contributed by atoms with Crippen molar-refractivity contribution < 1.29 is 9.84 Å². The van der Waals surface area contributed by atoms with Crippen LogP contribution in [0.4, 0.5) is 0 Å². The minimum absolute atomic E-state index is 0.197. The van der Waals surface area contributed by atoms with Gasteiger partial charge in [-0.25, -0.2) is 0 Å². The highest BCUT2D eigenvalue weighted by Gasteiger charge is 2.26. The molecule has 0 aromatic heterocycles. The van der Waals surface area contributed by atoms with Crippen molar-refractivity contribution >= 4 is 0 Å². The number of ether oxygens (including phenoxy) is 1. The third-order valence-corrected chi connectivity index (χ3v) is 4.15. The van der Waals surface area contributed by atoms with Crippen molar-refractivity contribution in [3.05, 3.63) is 29.8 Å². The van der Waals surface area contributed by atoms with Crippen LogP contribution >= 0.6 is 0 Å². The molecule has 0 amide bonds. The monoisotopic (exact) mass is 277 g/mol. The Kier molecular flexibility index (Phi) is 5.44. The zero-order valence-corrected chi connectivity index (χ0v) is 12.7. The quantitative estimate of drug-likeness (QED) is 0.839. The van der Waals surface area contributed by atoms with Gasteiger partial charge in [-0.3, -0.25) is 0 Å². The van der Waals surface area contributed by atoms with Gasteiger partial charge in [-0.05, 0) is 44.4 Å². The topological polar surface area (TPSA) is 41.5 Å². The number of aliphatic hydroxyl groups excluding tert-OH is 1. The number of hydrogen-bond donors (Lipinski definition) is 2. The molecular weight excluding hydrogens is 250 g/mol. The lowest BCUT2D eigenvalue weighted by Crippen LogP contribution is -2.48. The van der Waals surface area contributed by atoms with Crippen molar-refractivity contribution in [1.82, 2.24) is 5.32 Å². The van der Waals surface area contributed by atoms with E-state index in [1.165, 1.54) is 37.7 Å². The number of aliphatic hydroxyl groups is 1. The van der Waals surface area contributed by atoms with Gasteiger partial charge in [-0.2, -0.15) is 0 Å². The van der Waals surface area contributed by atoms with E-state index in [2.05, 4.69) is 12.2 Å². The maximum Gasteiger partial charge on any atom is 0.119 e. The van der Waals surface area contributed by atoms with E-state index in [4.69, 9.17) is 4.74 Å². The minimum Gasteiger partial charge on any atom is -0.491 e. The zero-order chi connectivity index (χ0) is 14.4. The van der Waals surface area contributed by atoms with Gasteiger partial charge in [-0.1, -0.05) is 31.4 Å². The maximum atomic E-state index is 10.0. The first kappa shape index (κ1) is 15.3. The molecule has 1 saturated carbocycles. The highest BCUT2D eigenvalue weighted by Crippen LogP contribution is 2.27. The average molecular weight is 277 g/mol. The molecule has 0 saturated heterocycles. The standard InChI is InChI=1S/C17H27NO2/c1-14-7-6-8-16(11-14)20-13-15(19)12-18-17(2)9-4-3-5-10-17/h6-8,11,15,18-19H,3-5,9-10,12-13H2,1-2H3. The molecule has 2 rings (SSSR count). The molecule has 2 N–H and O–H groups in total. The van der Waals surface area contributed by atoms with Gasteiger partial charge in [-0.15, -0.1) is 0 Å². The third kappa shape index (κ3) is 4.80. The van der Waals surface area contributed by atoms with Crippen LogP contribution in [0.5, 0.6) is 5.75 Å². The molecule has 1 aromatic rings. The van der Waals surface area contributed by atoms with Gasteiger partial charge in [0.25, 0.3) is 0 Å². The molecule has 1 unspecified atom stereocenters. The zero-order valence-electron chi connectivity index (χ0n) is 12.7. The van der Waals surface area contributed by atoms with Crippen LogP contribution in [0.15, 0.2) is 24.3 Å². The summed E-state index contributed by atoms with van der Waals surface area (Å²) in [6.45, 7) is 5.24. The van der Waals surface area contributed by atoms with Gasteiger partial charge in [0.2, 0.25) is 0 Å². The number of aryl methyl sites for hydroxylation is 1. The van der Waals surface area contributed by atoms with E-state index in [1.54, 1.807) is 0 Å². The number of nitrogens with one attached hydrogen (secondary N) is 1. The summed E-state index contributed by atoms with van der Waals surface area (Å²) in [6.07, 6.45) is 5.88. The lowest BCUT2D eigenvalue weighted by Gasteiger charge is -2.35. The van der Waals surface area contributed by atoms with E-state index in [0.717, 1.165) is 5.75 Å². The lowest BCUT2D eigenvalue weighted by molar-refractivity contribution is 0.0930. The Labute approximate surface area is 122 Å². The number of hydrogen-bond acceptors (Lipinski definition) is 3. The highest BCUT2D eigenvalue weighted by atomic mass is 16.5. The Morgan fingerprint density at radius 1 is 1.30 bits per heavy atom. The fraction of sp³-hybridized carbons (Fsp3) is 0.647. The summed E-state index contributed by atoms with van der Waals surface area (Å²) >= 11 is 0. The van der Waals surface area contributed by atoms with Crippen molar-refractivity contribution in [3.63, 3.8) is 0 Å². The number of rotatable bonds is 6. The normalized spacial score (nSPS) is 19.6. The van der Waals surface area contributed by atoms with Crippen LogP contribution in [0.1, 0.15) is 44.6 Å². The highest BCUT2D eigenvalue weighted by molar-refractivity contribution is 5.27. The van der Waals surface area contributed by atoms with E-state index in [9.17, 15) is 5.11 Å². The molecule has 1 aliphatic carbocycles. The summed E-state index contributed by atoms with van der Waals surface area (Å²) in [5.41, 5.74) is 1.37. The van der Waals surface area contributed by atoms with Gasteiger partial charge < -0.3 is 15.2 Å². The minimum atomic E-state index is -0.464. The van der Waals surface area contributed by atoms with Crippen LogP contribution in [-0.4, -0.2) is 29.9 Å². The molecule has 1 fully saturated rings. The molecule has 3 nitrogen and oxygen atoms in total. The van der Waals surface area contributed by atoms with Crippen LogP contribution in [0.25, 0.3) is 0 Å².